The van der Waals surface area contributed by atoms with Crippen LogP contribution in [-0.2, 0) is 0 Å². The van der Waals surface area contributed by atoms with Crippen molar-refractivity contribution in [1.29, 1.82) is 0 Å². The molecule has 1 nitrogen and oxygen atoms in total. The molecule has 0 bridgehead atoms. The summed E-state index contributed by atoms with van der Waals surface area (Å²) in [5.74, 6) is -0.127. The number of hydrogen-bond donors (Lipinski definition) is 0. The van der Waals surface area contributed by atoms with Gasteiger partial charge in [-0.1, -0.05) is 28.9 Å². The van der Waals surface area contributed by atoms with Crippen molar-refractivity contribution in [3.05, 3.63) is 40.1 Å². The van der Waals surface area contributed by atoms with Crippen LogP contribution in [0, 0.1) is 5.82 Å². The van der Waals surface area contributed by atoms with E-state index in [1.54, 1.807) is 6.07 Å². The molecule has 0 N–H and O–H groups in total. The van der Waals surface area contributed by atoms with E-state index in [1.165, 1.54) is 6.07 Å². The van der Waals surface area contributed by atoms with Gasteiger partial charge in [-0.05, 0) is 43.2 Å². The molecule has 0 spiro atoms. The van der Waals surface area contributed by atoms with Gasteiger partial charge in [-0.3, -0.25) is 4.90 Å². The predicted octanol–water partition coefficient (Wildman–Crippen LogP) is 4.09. The van der Waals surface area contributed by atoms with Crippen LogP contribution < -0.4 is 0 Å². The maximum atomic E-state index is 13.8. The number of rotatable bonds is 3. The van der Waals surface area contributed by atoms with Crippen LogP contribution in [0.15, 0.2) is 28.7 Å². The highest BCUT2D eigenvalue weighted by molar-refractivity contribution is 9.10. The summed E-state index contributed by atoms with van der Waals surface area (Å²) >= 11 is 3.40. The second-order valence-corrected chi connectivity index (χ2v) is 5.33. The number of hydrogen-bond acceptors (Lipinski definition) is 1. The summed E-state index contributed by atoms with van der Waals surface area (Å²) < 4.78 is 14.7. The lowest BCUT2D eigenvalue weighted by molar-refractivity contribution is 0.305. The Hall–Kier alpha value is -0.670. The molecule has 17 heavy (non-hydrogen) atoms. The molecule has 0 aromatic heterocycles. The summed E-state index contributed by atoms with van der Waals surface area (Å²) in [4.78, 5) is 2.38. The molecule has 1 aliphatic rings. The quantitative estimate of drug-likeness (QED) is 0.812. The third-order valence-corrected chi connectivity index (χ3v) is 3.54. The lowest BCUT2D eigenvalue weighted by Crippen LogP contribution is -2.30. The van der Waals surface area contributed by atoms with Gasteiger partial charge < -0.3 is 0 Å². The molecule has 0 radical (unpaired) electrons. The second-order valence-electron chi connectivity index (χ2n) is 4.42. The predicted molar refractivity (Wildman–Crippen MR) is 73.4 cm³/mol. The van der Waals surface area contributed by atoms with Crippen molar-refractivity contribution in [3.8, 4) is 0 Å². The summed E-state index contributed by atoms with van der Waals surface area (Å²) in [6.07, 6.45) is 4.33. The minimum Gasteiger partial charge on any atom is -0.299 e. The number of halogens is 2. The zero-order valence-electron chi connectivity index (χ0n) is 10.0. The fourth-order valence-electron chi connectivity index (χ4n) is 2.25. The lowest BCUT2D eigenvalue weighted by atomic mass is 10.0. The first-order valence-electron chi connectivity index (χ1n) is 6.07. The van der Waals surface area contributed by atoms with Crippen LogP contribution in [0.3, 0.4) is 0 Å². The van der Waals surface area contributed by atoms with E-state index in [-0.39, 0.29) is 5.82 Å². The SMILES string of the molecule is CCCN1CCC=C(c2cc(Br)ccc2F)C1. The maximum absolute atomic E-state index is 13.8. The van der Waals surface area contributed by atoms with Crippen LogP contribution >= 0.6 is 15.9 Å². The molecule has 0 unspecified atom stereocenters. The Morgan fingerprint density at radius 2 is 2.24 bits per heavy atom. The van der Waals surface area contributed by atoms with Gasteiger partial charge in [0.2, 0.25) is 0 Å². The Balaban J connectivity index is 2.21. The number of nitrogens with zero attached hydrogens (tertiary/aromatic N) is 1. The summed E-state index contributed by atoms with van der Waals surface area (Å²) in [7, 11) is 0. The normalized spacial score (nSPS) is 17.0. The van der Waals surface area contributed by atoms with Gasteiger partial charge in [-0.25, -0.2) is 4.39 Å². The van der Waals surface area contributed by atoms with E-state index >= 15 is 0 Å². The van der Waals surface area contributed by atoms with Crippen molar-refractivity contribution in [2.75, 3.05) is 19.6 Å². The minimum atomic E-state index is -0.127. The second kappa shape index (κ2) is 5.78. The molecule has 0 saturated heterocycles. The Morgan fingerprint density at radius 1 is 1.41 bits per heavy atom. The van der Waals surface area contributed by atoms with Gasteiger partial charge in [0, 0.05) is 23.1 Å². The maximum Gasteiger partial charge on any atom is 0.130 e. The molecule has 0 atom stereocenters. The zero-order chi connectivity index (χ0) is 12.3. The van der Waals surface area contributed by atoms with Gasteiger partial charge in [0.15, 0.2) is 0 Å². The van der Waals surface area contributed by atoms with E-state index in [9.17, 15) is 4.39 Å². The molecule has 0 amide bonds. The smallest absolute Gasteiger partial charge is 0.130 e. The van der Waals surface area contributed by atoms with Crippen LogP contribution in [0.5, 0.6) is 0 Å². The van der Waals surface area contributed by atoms with Crippen molar-refractivity contribution in [1.82, 2.24) is 4.90 Å². The zero-order valence-corrected chi connectivity index (χ0v) is 11.6. The topological polar surface area (TPSA) is 3.24 Å². The molecule has 0 aliphatic carbocycles. The minimum absolute atomic E-state index is 0.127. The van der Waals surface area contributed by atoms with E-state index in [2.05, 4.69) is 33.8 Å². The van der Waals surface area contributed by atoms with Gasteiger partial charge in [-0.2, -0.15) is 0 Å². The molecule has 1 aromatic rings. The summed E-state index contributed by atoms with van der Waals surface area (Å²) in [5, 5.41) is 0. The summed E-state index contributed by atoms with van der Waals surface area (Å²) in [5.41, 5.74) is 1.85. The van der Waals surface area contributed by atoms with Crippen LogP contribution in [0.1, 0.15) is 25.3 Å². The molecule has 2 rings (SSSR count). The van der Waals surface area contributed by atoms with Gasteiger partial charge in [-0.15, -0.1) is 0 Å². The van der Waals surface area contributed by atoms with E-state index in [0.29, 0.717) is 0 Å². The molecule has 0 fully saturated rings. The van der Waals surface area contributed by atoms with Crippen molar-refractivity contribution in [2.45, 2.75) is 19.8 Å². The van der Waals surface area contributed by atoms with Crippen LogP contribution in [0.25, 0.3) is 5.57 Å². The molecule has 1 aromatic carbocycles. The van der Waals surface area contributed by atoms with E-state index in [4.69, 9.17) is 0 Å². The van der Waals surface area contributed by atoms with Gasteiger partial charge >= 0.3 is 0 Å². The molecule has 1 aliphatic heterocycles. The fourth-order valence-corrected chi connectivity index (χ4v) is 2.61. The van der Waals surface area contributed by atoms with Crippen LogP contribution in [0.2, 0.25) is 0 Å². The molecule has 1 heterocycles. The fraction of sp³-hybridized carbons (Fsp3) is 0.429. The van der Waals surface area contributed by atoms with Crippen molar-refractivity contribution in [2.24, 2.45) is 0 Å². The first kappa shape index (κ1) is 12.8. The molecule has 3 heteroatoms. The van der Waals surface area contributed by atoms with Gasteiger partial charge in [0.05, 0.1) is 0 Å². The average molecular weight is 298 g/mol. The van der Waals surface area contributed by atoms with E-state index in [0.717, 1.165) is 48.1 Å². The van der Waals surface area contributed by atoms with Gasteiger partial charge in [0.1, 0.15) is 5.82 Å². The molecular formula is C14H17BrFN. The largest absolute Gasteiger partial charge is 0.299 e. The van der Waals surface area contributed by atoms with Crippen LogP contribution in [-0.4, -0.2) is 24.5 Å². The monoisotopic (exact) mass is 297 g/mol. The number of benzene rings is 1. The van der Waals surface area contributed by atoms with Crippen LogP contribution in [0.4, 0.5) is 4.39 Å². The van der Waals surface area contributed by atoms with Crippen molar-refractivity contribution in [3.63, 3.8) is 0 Å². The summed E-state index contributed by atoms with van der Waals surface area (Å²) in [6.45, 7) is 5.22. The van der Waals surface area contributed by atoms with Crippen molar-refractivity contribution < 1.29 is 4.39 Å². The Bertz CT molecular complexity index is 428. The van der Waals surface area contributed by atoms with Gasteiger partial charge in [0.25, 0.3) is 0 Å². The highest BCUT2D eigenvalue weighted by atomic mass is 79.9. The summed E-state index contributed by atoms with van der Waals surface area (Å²) in [6, 6.07) is 5.14. The molecule has 92 valence electrons. The Labute approximate surface area is 110 Å². The van der Waals surface area contributed by atoms with E-state index in [1.807, 2.05) is 6.07 Å². The third-order valence-electron chi connectivity index (χ3n) is 3.04. The average Bonchev–Trinajstić information content (AvgIpc) is 2.33. The first-order chi connectivity index (χ1) is 8.20. The molecule has 0 saturated carbocycles. The highest BCUT2D eigenvalue weighted by Crippen LogP contribution is 2.26. The Kier molecular flexibility index (Phi) is 4.35. The lowest BCUT2D eigenvalue weighted by Gasteiger charge is -2.27. The Morgan fingerprint density at radius 3 is 3.00 bits per heavy atom. The third kappa shape index (κ3) is 3.17. The van der Waals surface area contributed by atoms with E-state index < -0.39 is 0 Å². The molecular weight excluding hydrogens is 281 g/mol. The first-order valence-corrected chi connectivity index (χ1v) is 6.87. The van der Waals surface area contributed by atoms with Crippen molar-refractivity contribution >= 4 is 21.5 Å². The standard InChI is InChI=1S/C14H17BrFN/c1-2-7-17-8-3-4-11(10-17)13-9-12(15)5-6-14(13)16/h4-6,9H,2-3,7-8,10H2,1H3. The highest BCUT2D eigenvalue weighted by Gasteiger charge is 2.15.